The van der Waals surface area contributed by atoms with Crippen LogP contribution in [-0.4, -0.2) is 50.3 Å². The molecular weight excluding hydrogens is 400 g/mol. The molecular formula is C20H21ClN2O2S2. The third kappa shape index (κ3) is 3.91. The molecule has 1 aliphatic heterocycles. The van der Waals surface area contributed by atoms with Crippen molar-refractivity contribution in [2.45, 2.75) is 11.3 Å². The van der Waals surface area contributed by atoms with Crippen LogP contribution in [0.15, 0.2) is 58.8 Å². The van der Waals surface area contributed by atoms with Crippen LogP contribution in [0.2, 0.25) is 5.02 Å². The van der Waals surface area contributed by atoms with Gasteiger partial charge in [-0.3, -0.25) is 0 Å². The molecule has 7 heteroatoms. The van der Waals surface area contributed by atoms with E-state index in [0.29, 0.717) is 28.4 Å². The average molecular weight is 421 g/mol. The number of sulfonamides is 1. The van der Waals surface area contributed by atoms with Crippen molar-refractivity contribution in [2.75, 3.05) is 32.7 Å². The molecule has 3 aromatic rings. The predicted molar refractivity (Wildman–Crippen MR) is 112 cm³/mol. The van der Waals surface area contributed by atoms with Crippen LogP contribution in [0.4, 0.5) is 0 Å². The summed E-state index contributed by atoms with van der Waals surface area (Å²) in [5.74, 6) is 0. The Morgan fingerprint density at radius 3 is 2.41 bits per heavy atom. The summed E-state index contributed by atoms with van der Waals surface area (Å²) < 4.78 is 28.1. The van der Waals surface area contributed by atoms with Gasteiger partial charge >= 0.3 is 0 Å². The summed E-state index contributed by atoms with van der Waals surface area (Å²) in [6, 6.07) is 15.0. The van der Waals surface area contributed by atoms with E-state index < -0.39 is 10.0 Å². The van der Waals surface area contributed by atoms with Crippen LogP contribution in [0.5, 0.6) is 0 Å². The first-order chi connectivity index (χ1) is 13.1. The lowest BCUT2D eigenvalue weighted by molar-refractivity contribution is 0.190. The van der Waals surface area contributed by atoms with Gasteiger partial charge in [0.15, 0.2) is 0 Å². The molecule has 0 bridgehead atoms. The summed E-state index contributed by atoms with van der Waals surface area (Å²) in [4.78, 5) is 4.01. The van der Waals surface area contributed by atoms with Gasteiger partial charge in [-0.05, 0) is 35.4 Å². The average Bonchev–Trinajstić information content (AvgIpc) is 3.20. The summed E-state index contributed by atoms with van der Waals surface area (Å²) in [5, 5.41) is 4.02. The molecule has 2 aromatic carbocycles. The van der Waals surface area contributed by atoms with E-state index in [1.165, 1.54) is 4.88 Å². The fourth-order valence-electron chi connectivity index (χ4n) is 3.53. The van der Waals surface area contributed by atoms with Crippen LogP contribution in [-0.2, 0) is 16.4 Å². The first-order valence-corrected chi connectivity index (χ1v) is 11.7. The fraction of sp³-hybridized carbons (Fsp3) is 0.300. The molecule has 1 saturated heterocycles. The number of halogens is 1. The van der Waals surface area contributed by atoms with Gasteiger partial charge in [0, 0.05) is 48.0 Å². The molecule has 0 aliphatic carbocycles. The van der Waals surface area contributed by atoms with Crippen molar-refractivity contribution in [1.29, 1.82) is 0 Å². The SMILES string of the molecule is O=S(=O)(c1cccc2cccc(Cl)c12)N1CCN(CCc2cccs2)CC1. The number of benzene rings is 2. The van der Waals surface area contributed by atoms with Crippen molar-refractivity contribution in [3.05, 3.63) is 63.8 Å². The Labute approximate surface area is 169 Å². The van der Waals surface area contributed by atoms with Crippen molar-refractivity contribution in [3.63, 3.8) is 0 Å². The van der Waals surface area contributed by atoms with Gasteiger partial charge in [0.25, 0.3) is 0 Å². The number of rotatable bonds is 5. The Hall–Kier alpha value is -1.44. The van der Waals surface area contributed by atoms with Crippen LogP contribution < -0.4 is 0 Å². The maximum Gasteiger partial charge on any atom is 0.243 e. The van der Waals surface area contributed by atoms with Gasteiger partial charge in [-0.25, -0.2) is 8.42 Å². The topological polar surface area (TPSA) is 40.6 Å². The molecule has 27 heavy (non-hydrogen) atoms. The van der Waals surface area contributed by atoms with Gasteiger partial charge in [-0.15, -0.1) is 11.3 Å². The number of fused-ring (bicyclic) bond motifs is 1. The number of thiophene rings is 1. The van der Waals surface area contributed by atoms with Gasteiger partial charge in [0.1, 0.15) is 0 Å². The van der Waals surface area contributed by atoms with E-state index >= 15 is 0 Å². The van der Waals surface area contributed by atoms with E-state index in [4.69, 9.17) is 11.6 Å². The van der Waals surface area contributed by atoms with Crippen molar-refractivity contribution < 1.29 is 8.42 Å². The molecule has 142 valence electrons. The first-order valence-electron chi connectivity index (χ1n) is 8.98. The highest BCUT2D eigenvalue weighted by atomic mass is 35.5. The first kappa shape index (κ1) is 18.9. The predicted octanol–water partition coefficient (Wildman–Crippen LogP) is 4.10. The maximum absolute atomic E-state index is 13.3. The zero-order valence-electron chi connectivity index (χ0n) is 14.8. The second-order valence-electron chi connectivity index (χ2n) is 6.67. The minimum Gasteiger partial charge on any atom is -0.300 e. The Morgan fingerprint density at radius 2 is 1.70 bits per heavy atom. The Kier molecular flexibility index (Phi) is 5.53. The van der Waals surface area contributed by atoms with Gasteiger partial charge < -0.3 is 4.90 Å². The van der Waals surface area contributed by atoms with E-state index in [2.05, 4.69) is 22.4 Å². The molecule has 0 atom stereocenters. The lowest BCUT2D eigenvalue weighted by Gasteiger charge is -2.34. The van der Waals surface area contributed by atoms with Crippen molar-refractivity contribution in [2.24, 2.45) is 0 Å². The molecule has 0 unspecified atom stereocenters. The normalized spacial score (nSPS) is 16.8. The molecule has 4 rings (SSSR count). The molecule has 1 aliphatic rings. The summed E-state index contributed by atoms with van der Waals surface area (Å²) in [7, 11) is -3.57. The summed E-state index contributed by atoms with van der Waals surface area (Å²) >= 11 is 8.10. The largest absolute Gasteiger partial charge is 0.300 e. The highest BCUT2D eigenvalue weighted by Crippen LogP contribution is 2.31. The molecule has 4 nitrogen and oxygen atoms in total. The van der Waals surface area contributed by atoms with E-state index in [-0.39, 0.29) is 0 Å². The highest BCUT2D eigenvalue weighted by molar-refractivity contribution is 7.89. The second kappa shape index (κ2) is 7.89. The van der Waals surface area contributed by atoms with Crippen LogP contribution in [0, 0.1) is 0 Å². The Morgan fingerprint density at radius 1 is 0.963 bits per heavy atom. The van der Waals surface area contributed by atoms with Gasteiger partial charge in [0.05, 0.1) is 4.90 Å². The molecule has 1 fully saturated rings. The summed E-state index contributed by atoms with van der Waals surface area (Å²) in [5.41, 5.74) is 0. The van der Waals surface area contributed by atoms with Crippen molar-refractivity contribution in [1.82, 2.24) is 9.21 Å². The molecule has 0 saturated carbocycles. The maximum atomic E-state index is 13.3. The van der Waals surface area contributed by atoms with E-state index in [9.17, 15) is 8.42 Å². The third-order valence-corrected chi connectivity index (χ3v) is 8.21. The van der Waals surface area contributed by atoms with Crippen LogP contribution in [0.25, 0.3) is 10.8 Å². The third-order valence-electron chi connectivity index (χ3n) is 5.02. The van der Waals surface area contributed by atoms with Gasteiger partial charge in [-0.1, -0.05) is 41.9 Å². The number of hydrogen-bond donors (Lipinski definition) is 0. The Balaban J connectivity index is 1.49. The standard InChI is InChI=1S/C20H21ClN2O2S2/c21-18-7-1-4-16-5-2-8-19(20(16)18)27(24,25)23-13-11-22(12-14-23)10-9-17-6-3-15-26-17/h1-8,15H,9-14H2. The van der Waals surface area contributed by atoms with Gasteiger partial charge in [-0.2, -0.15) is 4.31 Å². The quantitative estimate of drug-likeness (QED) is 0.623. The Bertz CT molecular complexity index is 1020. The van der Waals surface area contributed by atoms with Crippen LogP contribution >= 0.6 is 22.9 Å². The van der Waals surface area contributed by atoms with Crippen molar-refractivity contribution in [3.8, 4) is 0 Å². The minimum absolute atomic E-state index is 0.303. The number of piperazine rings is 1. The molecule has 2 heterocycles. The zero-order valence-corrected chi connectivity index (χ0v) is 17.2. The molecule has 0 amide bonds. The van der Waals surface area contributed by atoms with E-state index in [1.807, 2.05) is 18.2 Å². The van der Waals surface area contributed by atoms with E-state index in [1.54, 1.807) is 33.8 Å². The molecule has 0 N–H and O–H groups in total. The zero-order chi connectivity index (χ0) is 18.9. The van der Waals surface area contributed by atoms with Crippen molar-refractivity contribution >= 4 is 43.7 Å². The fourth-order valence-corrected chi connectivity index (χ4v) is 6.23. The highest BCUT2D eigenvalue weighted by Gasteiger charge is 2.30. The van der Waals surface area contributed by atoms with E-state index in [0.717, 1.165) is 31.4 Å². The smallest absolute Gasteiger partial charge is 0.243 e. The van der Waals surface area contributed by atoms with Gasteiger partial charge in [0.2, 0.25) is 10.0 Å². The summed E-state index contributed by atoms with van der Waals surface area (Å²) in [6.07, 6.45) is 1.02. The summed E-state index contributed by atoms with van der Waals surface area (Å²) in [6.45, 7) is 3.49. The molecule has 0 spiro atoms. The lowest BCUT2D eigenvalue weighted by Crippen LogP contribution is -2.49. The molecule has 1 aromatic heterocycles. The minimum atomic E-state index is -3.57. The second-order valence-corrected chi connectivity index (χ2v) is 10.0. The van der Waals surface area contributed by atoms with Crippen LogP contribution in [0.1, 0.15) is 4.88 Å². The van der Waals surface area contributed by atoms with Crippen LogP contribution in [0.3, 0.4) is 0 Å². The number of hydrogen-bond acceptors (Lipinski definition) is 4. The molecule has 0 radical (unpaired) electrons. The monoisotopic (exact) mass is 420 g/mol. The number of nitrogens with zero attached hydrogens (tertiary/aromatic N) is 2. The lowest BCUT2D eigenvalue weighted by atomic mass is 10.1.